The molecule has 126 valence electrons. The van der Waals surface area contributed by atoms with Gasteiger partial charge < -0.3 is 10.3 Å². The molecular weight excluding hydrogens is 310 g/mol. The van der Waals surface area contributed by atoms with Crippen LogP contribution < -0.4 is 5.32 Å². The van der Waals surface area contributed by atoms with Crippen LogP contribution >= 0.6 is 0 Å². The lowest BCUT2D eigenvalue weighted by molar-refractivity contribution is -0.384. The van der Waals surface area contributed by atoms with Crippen LogP contribution in [0.15, 0.2) is 24.3 Å². The first-order valence-electron chi connectivity index (χ1n) is 7.47. The van der Waals surface area contributed by atoms with Crippen molar-refractivity contribution in [1.82, 2.24) is 4.98 Å². The second-order valence-corrected chi connectivity index (χ2v) is 5.72. The molecule has 1 heterocycles. The summed E-state index contributed by atoms with van der Waals surface area (Å²) in [5.41, 5.74) is 2.62. The summed E-state index contributed by atoms with van der Waals surface area (Å²) in [7, 11) is 0. The Kier molecular flexibility index (Phi) is 4.82. The van der Waals surface area contributed by atoms with Gasteiger partial charge in [0.25, 0.3) is 5.69 Å². The average molecular weight is 329 g/mol. The molecule has 0 saturated heterocycles. The number of nitro benzene ring substituents is 1. The van der Waals surface area contributed by atoms with Crippen LogP contribution in [-0.2, 0) is 0 Å². The van der Waals surface area contributed by atoms with Gasteiger partial charge in [-0.15, -0.1) is 0 Å². The van der Waals surface area contributed by atoms with Gasteiger partial charge in [0.2, 0.25) is 5.78 Å². The van der Waals surface area contributed by atoms with Gasteiger partial charge in [-0.1, -0.05) is 6.07 Å². The highest BCUT2D eigenvalue weighted by molar-refractivity contribution is 6.05. The normalized spacial score (nSPS) is 11.8. The lowest BCUT2D eigenvalue weighted by Crippen LogP contribution is -2.27. The lowest BCUT2D eigenvalue weighted by Gasteiger charge is -2.14. The van der Waals surface area contributed by atoms with Crippen LogP contribution in [0.4, 0.5) is 11.4 Å². The number of hydrogen-bond donors (Lipinski definition) is 2. The van der Waals surface area contributed by atoms with E-state index in [1.54, 1.807) is 32.9 Å². The van der Waals surface area contributed by atoms with Gasteiger partial charge in [0, 0.05) is 29.1 Å². The number of aromatic amines is 1. The lowest BCUT2D eigenvalue weighted by atomic mass is 10.0. The van der Waals surface area contributed by atoms with Gasteiger partial charge in [-0.2, -0.15) is 0 Å². The number of H-pyrrole nitrogens is 1. The summed E-state index contributed by atoms with van der Waals surface area (Å²) in [6.07, 6.45) is 0. The first-order valence-corrected chi connectivity index (χ1v) is 7.47. The minimum Gasteiger partial charge on any atom is -0.375 e. The van der Waals surface area contributed by atoms with Crippen molar-refractivity contribution in [3.05, 3.63) is 56.9 Å². The van der Waals surface area contributed by atoms with Crippen molar-refractivity contribution in [3.8, 4) is 0 Å². The number of carbonyl (C=O) groups excluding carboxylic acids is 2. The van der Waals surface area contributed by atoms with Crippen LogP contribution in [0.1, 0.15) is 46.0 Å². The molecular formula is C17H19N3O4. The number of nitrogens with one attached hydrogen (secondary N) is 2. The van der Waals surface area contributed by atoms with Crippen LogP contribution in [-0.4, -0.2) is 27.5 Å². The molecule has 2 aromatic rings. The highest BCUT2D eigenvalue weighted by Gasteiger charge is 2.23. The molecule has 0 saturated carbocycles. The van der Waals surface area contributed by atoms with Gasteiger partial charge in [0.05, 0.1) is 16.7 Å². The van der Waals surface area contributed by atoms with Crippen LogP contribution in [0.5, 0.6) is 0 Å². The fraction of sp³-hybridized carbons (Fsp3) is 0.294. The minimum absolute atomic E-state index is 0.0505. The van der Waals surface area contributed by atoms with Crippen molar-refractivity contribution >= 4 is 22.9 Å². The van der Waals surface area contributed by atoms with E-state index in [0.717, 1.165) is 0 Å². The number of aryl methyl sites for hydroxylation is 1. The summed E-state index contributed by atoms with van der Waals surface area (Å²) in [6.45, 7) is 6.61. The van der Waals surface area contributed by atoms with E-state index in [9.17, 15) is 19.7 Å². The minimum atomic E-state index is -0.608. The zero-order chi connectivity index (χ0) is 18.0. The Balaban J connectivity index is 2.25. The quantitative estimate of drug-likeness (QED) is 0.480. The van der Waals surface area contributed by atoms with Crippen LogP contribution in [0.2, 0.25) is 0 Å². The maximum absolute atomic E-state index is 12.6. The number of nitro groups is 1. The molecule has 7 heteroatoms. The monoisotopic (exact) mass is 329 g/mol. The van der Waals surface area contributed by atoms with Crippen LogP contribution in [0.25, 0.3) is 0 Å². The van der Waals surface area contributed by atoms with E-state index < -0.39 is 11.0 Å². The van der Waals surface area contributed by atoms with Crippen molar-refractivity contribution in [2.75, 3.05) is 5.32 Å². The predicted octanol–water partition coefficient (Wildman–Crippen LogP) is 3.43. The molecule has 1 aromatic heterocycles. The first kappa shape index (κ1) is 17.4. The standard InChI is InChI=1S/C17H19N3O4/c1-9-15(12(4)21)10(2)19-16(9)17(22)11(3)18-13-6-5-7-14(8-13)20(23)24/h5-8,11,18-19H,1-4H3/t11-/m0/s1. The summed E-state index contributed by atoms with van der Waals surface area (Å²) in [4.78, 5) is 37.6. The molecule has 0 radical (unpaired) electrons. The largest absolute Gasteiger partial charge is 0.375 e. The number of nitrogens with zero attached hydrogens (tertiary/aromatic N) is 1. The SMILES string of the molecule is CC(=O)c1c(C)[nH]c(C(=O)[C@H](C)Nc2cccc([N+](=O)[O-])c2)c1C. The van der Waals surface area contributed by atoms with Crippen molar-refractivity contribution in [2.24, 2.45) is 0 Å². The number of rotatable bonds is 6. The predicted molar refractivity (Wildman–Crippen MR) is 90.8 cm³/mol. The number of hydrogen-bond acceptors (Lipinski definition) is 5. The number of anilines is 1. The maximum atomic E-state index is 12.6. The first-order chi connectivity index (χ1) is 11.2. The average Bonchev–Trinajstić information content (AvgIpc) is 2.81. The van der Waals surface area contributed by atoms with E-state index in [0.29, 0.717) is 28.2 Å². The number of aromatic nitrogens is 1. The molecule has 0 aliphatic rings. The summed E-state index contributed by atoms with van der Waals surface area (Å²) >= 11 is 0. The van der Waals surface area contributed by atoms with Crippen molar-refractivity contribution < 1.29 is 14.5 Å². The Bertz CT molecular complexity index is 823. The van der Waals surface area contributed by atoms with E-state index in [4.69, 9.17) is 0 Å². The van der Waals surface area contributed by atoms with Crippen molar-refractivity contribution in [3.63, 3.8) is 0 Å². The zero-order valence-electron chi connectivity index (χ0n) is 14.0. The molecule has 2 N–H and O–H groups in total. The summed E-state index contributed by atoms with van der Waals surface area (Å²) in [6, 6.07) is 5.36. The van der Waals surface area contributed by atoms with E-state index in [2.05, 4.69) is 10.3 Å². The van der Waals surface area contributed by atoms with Gasteiger partial charge in [-0.3, -0.25) is 19.7 Å². The van der Waals surface area contributed by atoms with Crippen LogP contribution in [0, 0.1) is 24.0 Å². The Morgan fingerprint density at radius 3 is 2.50 bits per heavy atom. The number of benzene rings is 1. The molecule has 0 bridgehead atoms. The summed E-state index contributed by atoms with van der Waals surface area (Å²) in [5, 5.41) is 13.8. The van der Waals surface area contributed by atoms with Gasteiger partial charge >= 0.3 is 0 Å². The molecule has 0 aliphatic heterocycles. The van der Waals surface area contributed by atoms with Gasteiger partial charge in [0.1, 0.15) is 0 Å². The topological polar surface area (TPSA) is 105 Å². The summed E-state index contributed by atoms with van der Waals surface area (Å²) < 4.78 is 0. The molecule has 24 heavy (non-hydrogen) atoms. The molecule has 2 rings (SSSR count). The second kappa shape index (κ2) is 6.66. The Hall–Kier alpha value is -2.96. The third-order valence-corrected chi connectivity index (χ3v) is 3.87. The van der Waals surface area contributed by atoms with E-state index in [1.807, 2.05) is 0 Å². The third-order valence-electron chi connectivity index (χ3n) is 3.87. The molecule has 0 fully saturated rings. The van der Waals surface area contributed by atoms with Crippen molar-refractivity contribution in [2.45, 2.75) is 33.7 Å². The van der Waals surface area contributed by atoms with E-state index >= 15 is 0 Å². The fourth-order valence-electron chi connectivity index (χ4n) is 2.77. The molecule has 0 aliphatic carbocycles. The smallest absolute Gasteiger partial charge is 0.271 e. The second-order valence-electron chi connectivity index (χ2n) is 5.72. The summed E-state index contributed by atoms with van der Waals surface area (Å²) in [5.74, 6) is -0.311. The fourth-order valence-corrected chi connectivity index (χ4v) is 2.77. The van der Waals surface area contributed by atoms with E-state index in [1.165, 1.54) is 19.1 Å². The van der Waals surface area contributed by atoms with E-state index in [-0.39, 0.29) is 17.3 Å². The maximum Gasteiger partial charge on any atom is 0.271 e. The molecule has 0 unspecified atom stereocenters. The highest BCUT2D eigenvalue weighted by atomic mass is 16.6. The zero-order valence-corrected chi connectivity index (χ0v) is 14.0. The molecule has 1 aromatic carbocycles. The Labute approximate surface area is 139 Å². The third kappa shape index (κ3) is 3.34. The number of ketones is 2. The van der Waals surface area contributed by atoms with Crippen LogP contribution in [0.3, 0.4) is 0 Å². The molecule has 7 nitrogen and oxygen atoms in total. The number of non-ortho nitro benzene ring substituents is 1. The van der Waals surface area contributed by atoms with Gasteiger partial charge in [0.15, 0.2) is 5.78 Å². The molecule has 0 amide bonds. The Morgan fingerprint density at radius 1 is 1.29 bits per heavy atom. The van der Waals surface area contributed by atoms with Gasteiger partial charge in [-0.05, 0) is 39.3 Å². The van der Waals surface area contributed by atoms with Gasteiger partial charge in [-0.25, -0.2) is 0 Å². The van der Waals surface area contributed by atoms with Crippen molar-refractivity contribution in [1.29, 1.82) is 0 Å². The Morgan fingerprint density at radius 2 is 1.96 bits per heavy atom. The number of carbonyl (C=O) groups is 2. The highest BCUT2D eigenvalue weighted by Crippen LogP contribution is 2.22. The molecule has 1 atom stereocenters. The number of Topliss-reactive ketones (excluding diaryl/α,β-unsaturated/α-hetero) is 2. The molecule has 0 spiro atoms.